The summed E-state index contributed by atoms with van der Waals surface area (Å²) in [5.74, 6) is 1.67. The van der Waals surface area contributed by atoms with E-state index < -0.39 is 10.8 Å². The number of hydrogen-bond donors (Lipinski definition) is 1. The molecule has 5 heteroatoms. The van der Waals surface area contributed by atoms with E-state index in [4.69, 9.17) is 9.47 Å². The van der Waals surface area contributed by atoms with Gasteiger partial charge in [-0.15, -0.1) is 0 Å². The topological polar surface area (TPSA) is 47.6 Å². The number of benzene rings is 1. The highest BCUT2D eigenvalue weighted by atomic mass is 32.2. The SMILES string of the molecule is CC(CNCc1cccc2c1OCCCO2)S(C)=O. The highest BCUT2D eigenvalue weighted by Crippen LogP contribution is 2.33. The Bertz CT molecular complexity index is 450. The maximum Gasteiger partial charge on any atom is 0.165 e. The zero-order valence-electron chi connectivity index (χ0n) is 11.5. The number of hydrogen-bond acceptors (Lipinski definition) is 4. The van der Waals surface area contributed by atoms with Crippen molar-refractivity contribution in [3.8, 4) is 11.5 Å². The van der Waals surface area contributed by atoms with Crippen LogP contribution in [0.3, 0.4) is 0 Å². The number of para-hydroxylation sites is 1. The van der Waals surface area contributed by atoms with Crippen LogP contribution >= 0.6 is 0 Å². The van der Waals surface area contributed by atoms with E-state index in [1.54, 1.807) is 6.26 Å². The van der Waals surface area contributed by atoms with Gasteiger partial charge in [-0.1, -0.05) is 12.1 Å². The molecule has 0 radical (unpaired) electrons. The van der Waals surface area contributed by atoms with E-state index in [1.807, 2.05) is 25.1 Å². The molecule has 2 unspecified atom stereocenters. The summed E-state index contributed by atoms with van der Waals surface area (Å²) in [7, 11) is -0.791. The fraction of sp³-hybridized carbons (Fsp3) is 0.571. The average molecular weight is 283 g/mol. The summed E-state index contributed by atoms with van der Waals surface area (Å²) >= 11 is 0. The van der Waals surface area contributed by atoms with Crippen molar-refractivity contribution in [1.29, 1.82) is 0 Å². The fourth-order valence-corrected chi connectivity index (χ4v) is 2.27. The molecule has 0 saturated carbocycles. The predicted octanol–water partition coefficient (Wildman–Crippen LogP) is 1.70. The minimum absolute atomic E-state index is 0.152. The standard InChI is InChI=1S/C14H21NO3S/c1-11(19(2)16)9-15-10-12-5-3-6-13-14(12)18-8-4-7-17-13/h3,5-6,11,15H,4,7-10H2,1-2H3. The fourth-order valence-electron chi connectivity index (χ4n) is 1.92. The molecule has 1 N–H and O–H groups in total. The maximum absolute atomic E-state index is 11.3. The van der Waals surface area contributed by atoms with E-state index in [0.717, 1.165) is 30.0 Å². The van der Waals surface area contributed by atoms with Gasteiger partial charge in [-0.25, -0.2) is 0 Å². The molecular formula is C14H21NO3S. The van der Waals surface area contributed by atoms with Crippen LogP contribution in [0.4, 0.5) is 0 Å². The zero-order valence-corrected chi connectivity index (χ0v) is 12.3. The highest BCUT2D eigenvalue weighted by molar-refractivity contribution is 7.84. The van der Waals surface area contributed by atoms with Crippen LogP contribution in [0, 0.1) is 0 Å². The number of rotatable bonds is 5. The molecule has 1 aromatic carbocycles. The van der Waals surface area contributed by atoms with E-state index in [0.29, 0.717) is 19.8 Å². The molecular weight excluding hydrogens is 262 g/mol. The summed E-state index contributed by atoms with van der Waals surface area (Å²) in [6.07, 6.45) is 2.64. The maximum atomic E-state index is 11.3. The van der Waals surface area contributed by atoms with Crippen molar-refractivity contribution in [1.82, 2.24) is 5.32 Å². The van der Waals surface area contributed by atoms with E-state index in [9.17, 15) is 4.21 Å². The smallest absolute Gasteiger partial charge is 0.165 e. The third-order valence-electron chi connectivity index (χ3n) is 3.17. The number of ether oxygens (including phenoxy) is 2. The molecule has 1 aliphatic heterocycles. The van der Waals surface area contributed by atoms with Gasteiger partial charge in [-0.2, -0.15) is 0 Å². The van der Waals surface area contributed by atoms with Crippen LogP contribution < -0.4 is 14.8 Å². The summed E-state index contributed by atoms with van der Waals surface area (Å²) in [5.41, 5.74) is 1.09. The first-order valence-electron chi connectivity index (χ1n) is 6.59. The Morgan fingerprint density at radius 1 is 1.37 bits per heavy atom. The molecule has 19 heavy (non-hydrogen) atoms. The van der Waals surface area contributed by atoms with E-state index in [1.165, 1.54) is 0 Å². The minimum Gasteiger partial charge on any atom is -0.490 e. The van der Waals surface area contributed by atoms with Crippen LogP contribution in [-0.4, -0.2) is 35.5 Å². The summed E-state index contributed by atoms with van der Waals surface area (Å²) in [5, 5.41) is 3.48. The molecule has 1 aromatic rings. The number of fused-ring (bicyclic) bond motifs is 1. The first kappa shape index (κ1) is 14.3. The van der Waals surface area contributed by atoms with Crippen molar-refractivity contribution in [3.05, 3.63) is 23.8 Å². The quantitative estimate of drug-likeness (QED) is 0.893. The van der Waals surface area contributed by atoms with Gasteiger partial charge in [0.25, 0.3) is 0 Å². The Balaban J connectivity index is 1.99. The Kier molecular flexibility index (Phi) is 5.22. The molecule has 0 saturated heterocycles. The minimum atomic E-state index is -0.791. The molecule has 2 atom stereocenters. The predicted molar refractivity (Wildman–Crippen MR) is 77.3 cm³/mol. The molecule has 0 amide bonds. The summed E-state index contributed by atoms with van der Waals surface area (Å²) < 4.78 is 22.7. The van der Waals surface area contributed by atoms with Crippen LogP contribution in [0.2, 0.25) is 0 Å². The molecule has 2 rings (SSSR count). The van der Waals surface area contributed by atoms with Gasteiger partial charge in [0.2, 0.25) is 0 Å². The zero-order chi connectivity index (χ0) is 13.7. The third-order valence-corrected chi connectivity index (χ3v) is 4.47. The summed E-state index contributed by atoms with van der Waals surface area (Å²) in [6, 6.07) is 5.95. The van der Waals surface area contributed by atoms with Crippen LogP contribution in [0.1, 0.15) is 18.9 Å². The van der Waals surface area contributed by atoms with Gasteiger partial charge in [-0.3, -0.25) is 4.21 Å². The van der Waals surface area contributed by atoms with Crippen LogP contribution in [-0.2, 0) is 17.3 Å². The Morgan fingerprint density at radius 3 is 2.95 bits per heavy atom. The van der Waals surface area contributed by atoms with Crippen molar-refractivity contribution >= 4 is 10.8 Å². The van der Waals surface area contributed by atoms with Crippen molar-refractivity contribution < 1.29 is 13.7 Å². The van der Waals surface area contributed by atoms with E-state index in [2.05, 4.69) is 5.32 Å². The lowest BCUT2D eigenvalue weighted by Gasteiger charge is -2.14. The molecule has 1 heterocycles. The Morgan fingerprint density at radius 2 is 2.16 bits per heavy atom. The molecule has 4 nitrogen and oxygen atoms in total. The van der Waals surface area contributed by atoms with Crippen LogP contribution in [0.5, 0.6) is 11.5 Å². The van der Waals surface area contributed by atoms with E-state index in [-0.39, 0.29) is 5.25 Å². The first-order valence-corrected chi connectivity index (χ1v) is 8.21. The third kappa shape index (κ3) is 3.94. The molecule has 0 aromatic heterocycles. The van der Waals surface area contributed by atoms with Gasteiger partial charge in [0.15, 0.2) is 11.5 Å². The Labute approximate surface area is 116 Å². The second-order valence-electron chi connectivity index (χ2n) is 4.73. The van der Waals surface area contributed by atoms with Crippen molar-refractivity contribution in [3.63, 3.8) is 0 Å². The molecule has 1 aliphatic rings. The van der Waals surface area contributed by atoms with E-state index >= 15 is 0 Å². The summed E-state index contributed by atoms with van der Waals surface area (Å²) in [6.45, 7) is 4.81. The average Bonchev–Trinajstić information content (AvgIpc) is 2.64. The van der Waals surface area contributed by atoms with Crippen LogP contribution in [0.15, 0.2) is 18.2 Å². The molecule has 106 valence electrons. The van der Waals surface area contributed by atoms with Crippen molar-refractivity contribution in [2.75, 3.05) is 26.0 Å². The van der Waals surface area contributed by atoms with Gasteiger partial charge in [-0.05, 0) is 13.0 Å². The van der Waals surface area contributed by atoms with Crippen molar-refractivity contribution in [2.45, 2.75) is 25.1 Å². The van der Waals surface area contributed by atoms with Gasteiger partial charge < -0.3 is 14.8 Å². The second-order valence-corrected chi connectivity index (χ2v) is 6.54. The lowest BCUT2D eigenvalue weighted by Crippen LogP contribution is -2.27. The molecule has 0 spiro atoms. The Hall–Kier alpha value is -1.07. The second kappa shape index (κ2) is 6.91. The first-order chi connectivity index (χ1) is 9.18. The van der Waals surface area contributed by atoms with Gasteiger partial charge in [0.05, 0.1) is 13.2 Å². The lowest BCUT2D eigenvalue weighted by atomic mass is 10.2. The highest BCUT2D eigenvalue weighted by Gasteiger charge is 2.14. The molecule has 0 bridgehead atoms. The van der Waals surface area contributed by atoms with Gasteiger partial charge in [0, 0.05) is 47.4 Å². The monoisotopic (exact) mass is 283 g/mol. The van der Waals surface area contributed by atoms with Crippen LogP contribution in [0.25, 0.3) is 0 Å². The normalized spacial score (nSPS) is 17.6. The van der Waals surface area contributed by atoms with Gasteiger partial charge >= 0.3 is 0 Å². The largest absolute Gasteiger partial charge is 0.490 e. The molecule has 0 fully saturated rings. The van der Waals surface area contributed by atoms with Gasteiger partial charge in [0.1, 0.15) is 0 Å². The van der Waals surface area contributed by atoms with Crippen molar-refractivity contribution in [2.24, 2.45) is 0 Å². The number of nitrogens with one attached hydrogen (secondary N) is 1. The lowest BCUT2D eigenvalue weighted by molar-refractivity contribution is 0.296. The summed E-state index contributed by atoms with van der Waals surface area (Å²) in [4.78, 5) is 0. The molecule has 0 aliphatic carbocycles.